The largest absolute Gasteiger partial charge is 0.506 e. The van der Waals surface area contributed by atoms with Gasteiger partial charge in [-0.25, -0.2) is 10.5 Å². The van der Waals surface area contributed by atoms with E-state index in [1.54, 1.807) is 60.7 Å². The summed E-state index contributed by atoms with van der Waals surface area (Å²) >= 11 is 1.43. The van der Waals surface area contributed by atoms with Gasteiger partial charge in [0.1, 0.15) is 34.3 Å². The van der Waals surface area contributed by atoms with Gasteiger partial charge in [0, 0.05) is 50.9 Å². The average Bonchev–Trinajstić information content (AvgIpc) is 3.16. The maximum absolute atomic E-state index is 11.2. The van der Waals surface area contributed by atoms with E-state index < -0.39 is 0 Å². The molecular weight excluding hydrogens is 780 g/mol. The number of hydrogen-bond acceptors (Lipinski definition) is 18. The summed E-state index contributed by atoms with van der Waals surface area (Å²) in [5, 5.41) is 69.5. The fourth-order valence-electron chi connectivity index (χ4n) is 4.90. The minimum Gasteiger partial charge on any atom is -0.506 e. The number of azo groups is 2. The van der Waals surface area contributed by atoms with Crippen LogP contribution < -0.4 is 20.5 Å². The van der Waals surface area contributed by atoms with Crippen LogP contribution in [0.4, 0.5) is 34.1 Å². The number of ether oxygens (including phenoxy) is 2. The van der Waals surface area contributed by atoms with E-state index in [2.05, 4.69) is 44.5 Å². The Labute approximate surface area is 319 Å². The van der Waals surface area contributed by atoms with Gasteiger partial charge in [0.05, 0.1) is 41.8 Å². The third kappa shape index (κ3) is 9.83. The molecule has 0 amide bonds. The average molecular weight is 808 g/mol. The van der Waals surface area contributed by atoms with E-state index in [-0.39, 0.29) is 63.0 Å². The zero-order valence-corrected chi connectivity index (χ0v) is 29.7. The van der Waals surface area contributed by atoms with E-state index in [1.165, 1.54) is 19.2 Å². The van der Waals surface area contributed by atoms with Crippen LogP contribution in [-0.4, -0.2) is 34.6 Å². The molecular formula is C34H28CuN6O10S2. The summed E-state index contributed by atoms with van der Waals surface area (Å²) in [6, 6.07) is 27.4. The van der Waals surface area contributed by atoms with Crippen molar-refractivity contribution in [1.82, 2.24) is 0 Å². The van der Waals surface area contributed by atoms with Gasteiger partial charge in [-0.1, -0.05) is 22.2 Å². The van der Waals surface area contributed by atoms with Crippen LogP contribution in [0.25, 0.3) is 21.5 Å². The SMILES string of the molecule is COc1cc(N=Nc2c(SOOO)cc3cc(NCOc4ccc(N)cc4)ccc3c2O)c(O)cc1N=Nc1ccc2cc(SOOO)ccc2c1.[Cu]. The third-order valence-corrected chi connectivity index (χ3v) is 8.56. The first-order valence-electron chi connectivity index (χ1n) is 14.9. The maximum Gasteiger partial charge on any atom is 0.159 e. The van der Waals surface area contributed by atoms with Crippen LogP contribution in [0, 0.1) is 0 Å². The quantitative estimate of drug-likeness (QED) is 0.0108. The molecule has 6 rings (SSSR count). The molecule has 0 saturated heterocycles. The van der Waals surface area contributed by atoms with Gasteiger partial charge in [0.25, 0.3) is 0 Å². The minimum atomic E-state index is -0.294. The van der Waals surface area contributed by atoms with Crippen LogP contribution in [-0.2, 0) is 35.8 Å². The van der Waals surface area contributed by atoms with Gasteiger partial charge in [0.2, 0.25) is 0 Å². The molecule has 0 aliphatic rings. The van der Waals surface area contributed by atoms with Crippen LogP contribution >= 0.6 is 24.1 Å². The van der Waals surface area contributed by atoms with Crippen molar-refractivity contribution >= 4 is 79.8 Å². The molecule has 0 saturated carbocycles. The first-order valence-corrected chi connectivity index (χ1v) is 16.4. The molecule has 0 heterocycles. The molecule has 1 radical (unpaired) electrons. The molecule has 0 aliphatic heterocycles. The first kappa shape index (κ1) is 39.0. The van der Waals surface area contributed by atoms with Gasteiger partial charge in [-0.2, -0.15) is 5.11 Å². The molecule has 6 aromatic carbocycles. The number of phenolic OH excluding ortho intramolecular Hbond substituents is 2. The number of phenols is 2. The molecule has 6 aromatic rings. The number of anilines is 2. The van der Waals surface area contributed by atoms with Crippen LogP contribution in [0.2, 0.25) is 0 Å². The number of nitrogens with one attached hydrogen (secondary N) is 1. The van der Waals surface area contributed by atoms with Crippen LogP contribution in [0.1, 0.15) is 0 Å². The molecule has 277 valence electrons. The Kier molecular flexibility index (Phi) is 13.7. The minimum absolute atomic E-state index is 0. The van der Waals surface area contributed by atoms with Crippen LogP contribution in [0.5, 0.6) is 23.0 Å². The molecule has 0 fully saturated rings. The number of nitrogen functional groups attached to an aromatic ring is 1. The van der Waals surface area contributed by atoms with E-state index in [4.69, 9.17) is 25.7 Å². The van der Waals surface area contributed by atoms with E-state index in [9.17, 15) is 10.2 Å². The molecule has 0 spiro atoms. The van der Waals surface area contributed by atoms with Crippen molar-refractivity contribution in [2.24, 2.45) is 20.5 Å². The van der Waals surface area contributed by atoms with Crippen molar-refractivity contribution in [3.05, 3.63) is 97.1 Å². The number of nitrogens with zero attached hydrogens (tertiary/aromatic N) is 4. The third-order valence-electron chi connectivity index (χ3n) is 7.36. The second-order valence-corrected chi connectivity index (χ2v) is 12.1. The van der Waals surface area contributed by atoms with Crippen molar-refractivity contribution in [3.8, 4) is 23.0 Å². The summed E-state index contributed by atoms with van der Waals surface area (Å²) in [6.45, 7) is 0.161. The first-order chi connectivity index (χ1) is 25.3. The normalized spacial score (nSPS) is 11.4. The van der Waals surface area contributed by atoms with E-state index in [0.29, 0.717) is 50.5 Å². The fraction of sp³-hybridized carbons (Fsp3) is 0.0588. The van der Waals surface area contributed by atoms with Gasteiger partial charge in [0.15, 0.2) is 12.5 Å². The number of benzene rings is 6. The van der Waals surface area contributed by atoms with Gasteiger partial charge in [-0.15, -0.1) is 24.0 Å². The molecule has 0 atom stereocenters. The predicted octanol–water partition coefficient (Wildman–Crippen LogP) is 10.1. The molecule has 19 heteroatoms. The van der Waals surface area contributed by atoms with E-state index in [0.717, 1.165) is 22.8 Å². The zero-order valence-electron chi connectivity index (χ0n) is 27.2. The summed E-state index contributed by atoms with van der Waals surface area (Å²) in [4.78, 5) is 0.944. The Hall–Kier alpha value is -5.18. The van der Waals surface area contributed by atoms with Gasteiger partial charge >= 0.3 is 0 Å². The Morgan fingerprint density at radius 3 is 2.23 bits per heavy atom. The number of fused-ring (bicyclic) bond motifs is 2. The summed E-state index contributed by atoms with van der Waals surface area (Å²) < 4.78 is 20.3. The van der Waals surface area contributed by atoms with E-state index >= 15 is 0 Å². The van der Waals surface area contributed by atoms with Crippen LogP contribution in [0.3, 0.4) is 0 Å². The van der Waals surface area contributed by atoms with Crippen molar-refractivity contribution < 1.29 is 66.0 Å². The predicted molar refractivity (Wildman–Crippen MR) is 194 cm³/mol. The number of nitrogens with two attached hydrogens (primary N) is 1. The Bertz CT molecular complexity index is 2270. The van der Waals surface area contributed by atoms with Gasteiger partial charge < -0.3 is 30.7 Å². The standard InChI is InChI=1S/C34H28N6O10S2.Cu/c1-45-31-17-28(30(41)16-29(31)39-37-24-6-2-20-14-26(51-49-47-43)10-3-19(20)12-24)38-40-33-32(52-50-48-44)15-21-13-23(7-11-27(21)34(33)42)36-18-46-25-8-4-22(35)5-9-25;/h2-17,36,41-44H,18,35H2,1H3;. The molecule has 0 unspecified atom stereocenters. The van der Waals surface area contributed by atoms with Crippen molar-refractivity contribution in [2.45, 2.75) is 9.79 Å². The summed E-state index contributed by atoms with van der Waals surface area (Å²) in [7, 11) is 1.42. The van der Waals surface area contributed by atoms with Gasteiger partial charge in [-0.3, -0.25) is 0 Å². The van der Waals surface area contributed by atoms with Crippen molar-refractivity contribution in [2.75, 3.05) is 24.9 Å². The summed E-state index contributed by atoms with van der Waals surface area (Å²) in [5.74, 6) is 0.332. The second-order valence-electron chi connectivity index (χ2n) is 10.6. The number of methoxy groups -OCH3 is 1. The fourth-order valence-corrected chi connectivity index (χ4v) is 5.81. The van der Waals surface area contributed by atoms with Gasteiger partial charge in [-0.05, 0) is 89.0 Å². The Balaban J connectivity index is 0.00000541. The number of hydrogen-bond donors (Lipinski definition) is 6. The Morgan fingerprint density at radius 2 is 1.45 bits per heavy atom. The maximum atomic E-state index is 11.2. The smallest absolute Gasteiger partial charge is 0.159 e. The summed E-state index contributed by atoms with van der Waals surface area (Å²) in [5.41, 5.74) is 7.76. The molecule has 53 heavy (non-hydrogen) atoms. The number of aromatic hydroxyl groups is 2. The second kappa shape index (κ2) is 18.5. The van der Waals surface area contributed by atoms with Crippen molar-refractivity contribution in [3.63, 3.8) is 0 Å². The monoisotopic (exact) mass is 807 g/mol. The molecule has 16 nitrogen and oxygen atoms in total. The van der Waals surface area contributed by atoms with E-state index in [1.807, 2.05) is 24.3 Å². The molecule has 7 N–H and O–H groups in total. The topological polar surface area (TPSA) is 224 Å². The van der Waals surface area contributed by atoms with Crippen LogP contribution in [0.15, 0.2) is 127 Å². The zero-order chi connectivity index (χ0) is 36.5. The Morgan fingerprint density at radius 1 is 0.717 bits per heavy atom. The molecule has 0 bridgehead atoms. The molecule has 0 aromatic heterocycles. The molecule has 0 aliphatic carbocycles. The van der Waals surface area contributed by atoms with Crippen molar-refractivity contribution in [1.29, 1.82) is 0 Å². The summed E-state index contributed by atoms with van der Waals surface area (Å²) in [6.07, 6.45) is 0. The number of rotatable bonds is 15.